The molecule has 0 aliphatic carbocycles. The lowest BCUT2D eigenvalue weighted by Gasteiger charge is -2.40. The Kier molecular flexibility index (Phi) is 5.65. The van der Waals surface area contributed by atoms with E-state index in [1.54, 1.807) is 13.1 Å². The Balaban J connectivity index is 1.42. The minimum Gasteiger partial charge on any atom is -0.480 e. The SMILES string of the molecule is CC(Oc1cccc2ncccc12)C(=O)N1CCN(C(=O)c2ccccc2)C[C@H]1C. The second-order valence-electron chi connectivity index (χ2n) is 7.58. The van der Waals surface area contributed by atoms with Gasteiger partial charge in [-0.15, -0.1) is 0 Å². The summed E-state index contributed by atoms with van der Waals surface area (Å²) in [4.78, 5) is 33.7. The minimum absolute atomic E-state index is 0.00195. The van der Waals surface area contributed by atoms with Gasteiger partial charge in [-0.05, 0) is 50.2 Å². The van der Waals surface area contributed by atoms with Gasteiger partial charge in [0, 0.05) is 42.8 Å². The number of hydrogen-bond donors (Lipinski definition) is 0. The second kappa shape index (κ2) is 8.53. The predicted molar refractivity (Wildman–Crippen MR) is 115 cm³/mol. The molecule has 154 valence electrons. The van der Waals surface area contributed by atoms with Gasteiger partial charge in [0.25, 0.3) is 11.8 Å². The number of rotatable bonds is 4. The molecule has 2 atom stereocenters. The Hall–Kier alpha value is -3.41. The second-order valence-corrected chi connectivity index (χ2v) is 7.58. The van der Waals surface area contributed by atoms with Crippen LogP contribution < -0.4 is 4.74 Å². The number of benzene rings is 2. The van der Waals surface area contributed by atoms with Crippen LogP contribution in [0.15, 0.2) is 66.9 Å². The molecular weight excluding hydrogens is 378 g/mol. The van der Waals surface area contributed by atoms with Crippen molar-refractivity contribution in [3.05, 3.63) is 72.4 Å². The number of fused-ring (bicyclic) bond motifs is 1. The molecule has 2 amide bonds. The topological polar surface area (TPSA) is 62.7 Å². The lowest BCUT2D eigenvalue weighted by Crippen LogP contribution is -2.57. The summed E-state index contributed by atoms with van der Waals surface area (Å²) < 4.78 is 6.02. The third kappa shape index (κ3) is 3.99. The van der Waals surface area contributed by atoms with E-state index in [9.17, 15) is 9.59 Å². The van der Waals surface area contributed by atoms with Gasteiger partial charge >= 0.3 is 0 Å². The van der Waals surface area contributed by atoms with Crippen LogP contribution in [-0.4, -0.2) is 58.4 Å². The monoisotopic (exact) mass is 403 g/mol. The number of piperazine rings is 1. The largest absolute Gasteiger partial charge is 0.480 e. The average molecular weight is 403 g/mol. The maximum absolute atomic E-state index is 13.1. The molecule has 1 aliphatic heterocycles. The van der Waals surface area contributed by atoms with Crippen molar-refractivity contribution in [3.63, 3.8) is 0 Å². The van der Waals surface area contributed by atoms with Crippen molar-refractivity contribution < 1.29 is 14.3 Å². The Morgan fingerprint density at radius 2 is 1.83 bits per heavy atom. The van der Waals surface area contributed by atoms with Gasteiger partial charge in [0.2, 0.25) is 0 Å². The summed E-state index contributed by atoms with van der Waals surface area (Å²) in [7, 11) is 0. The van der Waals surface area contributed by atoms with Crippen LogP contribution in [0.3, 0.4) is 0 Å². The molecule has 0 spiro atoms. The zero-order chi connectivity index (χ0) is 21.1. The van der Waals surface area contributed by atoms with E-state index in [1.165, 1.54) is 0 Å². The van der Waals surface area contributed by atoms with Crippen LogP contribution in [0.5, 0.6) is 5.75 Å². The average Bonchev–Trinajstić information content (AvgIpc) is 2.79. The minimum atomic E-state index is -0.630. The van der Waals surface area contributed by atoms with Crippen molar-refractivity contribution in [2.24, 2.45) is 0 Å². The number of carbonyl (C=O) groups excluding carboxylic acids is 2. The summed E-state index contributed by atoms with van der Waals surface area (Å²) in [6.45, 7) is 5.24. The van der Waals surface area contributed by atoms with Crippen LogP contribution in [0, 0.1) is 0 Å². The number of amides is 2. The molecule has 2 heterocycles. The van der Waals surface area contributed by atoms with Crippen molar-refractivity contribution in [1.29, 1.82) is 0 Å². The molecule has 0 saturated carbocycles. The van der Waals surface area contributed by atoms with E-state index in [1.807, 2.05) is 77.4 Å². The highest BCUT2D eigenvalue weighted by Crippen LogP contribution is 2.25. The van der Waals surface area contributed by atoms with E-state index < -0.39 is 6.10 Å². The maximum Gasteiger partial charge on any atom is 0.263 e. The van der Waals surface area contributed by atoms with Gasteiger partial charge in [0.1, 0.15) is 5.75 Å². The van der Waals surface area contributed by atoms with Crippen molar-refractivity contribution in [1.82, 2.24) is 14.8 Å². The molecule has 3 aromatic rings. The van der Waals surface area contributed by atoms with E-state index in [0.717, 1.165) is 10.9 Å². The van der Waals surface area contributed by atoms with Gasteiger partial charge in [-0.25, -0.2) is 0 Å². The predicted octanol–water partition coefficient (Wildman–Crippen LogP) is 3.38. The molecule has 1 aliphatic rings. The lowest BCUT2D eigenvalue weighted by molar-refractivity contribution is -0.142. The Labute approximate surface area is 176 Å². The quantitative estimate of drug-likeness (QED) is 0.670. The fraction of sp³-hybridized carbons (Fsp3) is 0.292. The number of hydrogen-bond acceptors (Lipinski definition) is 4. The zero-order valence-corrected chi connectivity index (χ0v) is 17.2. The summed E-state index contributed by atoms with van der Waals surface area (Å²) in [5.41, 5.74) is 1.50. The van der Waals surface area contributed by atoms with Crippen LogP contribution in [0.4, 0.5) is 0 Å². The molecular formula is C24H25N3O3. The first kappa shape index (κ1) is 19.9. The highest BCUT2D eigenvalue weighted by molar-refractivity contribution is 5.94. The third-order valence-electron chi connectivity index (χ3n) is 5.48. The van der Waals surface area contributed by atoms with Crippen molar-refractivity contribution in [2.75, 3.05) is 19.6 Å². The first-order valence-electron chi connectivity index (χ1n) is 10.2. The molecule has 1 aromatic heterocycles. The van der Waals surface area contributed by atoms with Gasteiger partial charge < -0.3 is 14.5 Å². The molecule has 0 bridgehead atoms. The summed E-state index contributed by atoms with van der Waals surface area (Å²) in [6.07, 6.45) is 1.10. The number of pyridine rings is 1. The molecule has 0 N–H and O–H groups in total. The molecule has 30 heavy (non-hydrogen) atoms. The van der Waals surface area contributed by atoms with E-state index in [0.29, 0.717) is 30.9 Å². The van der Waals surface area contributed by atoms with E-state index in [4.69, 9.17) is 4.74 Å². The van der Waals surface area contributed by atoms with Gasteiger partial charge in [-0.3, -0.25) is 14.6 Å². The maximum atomic E-state index is 13.1. The Bertz CT molecular complexity index is 1050. The zero-order valence-electron chi connectivity index (χ0n) is 17.2. The number of ether oxygens (including phenoxy) is 1. The highest BCUT2D eigenvalue weighted by Gasteiger charge is 2.33. The summed E-state index contributed by atoms with van der Waals surface area (Å²) in [5.74, 6) is 0.573. The molecule has 2 aromatic carbocycles. The van der Waals surface area contributed by atoms with Crippen LogP contribution in [-0.2, 0) is 4.79 Å². The molecule has 6 nitrogen and oxygen atoms in total. The summed E-state index contributed by atoms with van der Waals surface area (Å²) in [5, 5.41) is 0.881. The standard InChI is InChI=1S/C24H25N3O3/c1-17-16-26(24(29)19-8-4-3-5-9-19)14-15-27(17)23(28)18(2)30-22-12-6-11-21-20(22)10-7-13-25-21/h3-13,17-18H,14-16H2,1-2H3/t17-,18?/m1/s1. The lowest BCUT2D eigenvalue weighted by atomic mass is 10.1. The van der Waals surface area contributed by atoms with Gasteiger partial charge in [-0.2, -0.15) is 0 Å². The first-order chi connectivity index (χ1) is 14.5. The molecule has 6 heteroatoms. The molecule has 1 fully saturated rings. The van der Waals surface area contributed by atoms with Crippen LogP contribution in [0.25, 0.3) is 10.9 Å². The molecule has 0 radical (unpaired) electrons. The molecule has 1 unspecified atom stereocenters. The van der Waals surface area contributed by atoms with Crippen LogP contribution in [0.1, 0.15) is 24.2 Å². The number of carbonyl (C=O) groups is 2. The molecule has 4 rings (SSSR count). The van der Waals surface area contributed by atoms with Crippen LogP contribution in [0.2, 0.25) is 0 Å². The van der Waals surface area contributed by atoms with Gasteiger partial charge in [0.15, 0.2) is 6.10 Å². The van der Waals surface area contributed by atoms with Crippen LogP contribution >= 0.6 is 0 Å². The smallest absolute Gasteiger partial charge is 0.263 e. The van der Waals surface area contributed by atoms with Gasteiger partial charge in [-0.1, -0.05) is 24.3 Å². The normalized spacial score (nSPS) is 17.6. The fourth-order valence-corrected chi connectivity index (χ4v) is 3.89. The van der Waals surface area contributed by atoms with Gasteiger partial charge in [0.05, 0.1) is 5.52 Å². The summed E-state index contributed by atoms with van der Waals surface area (Å²) in [6, 6.07) is 18.6. The summed E-state index contributed by atoms with van der Waals surface area (Å²) >= 11 is 0. The Morgan fingerprint density at radius 3 is 2.60 bits per heavy atom. The van der Waals surface area contributed by atoms with Crippen molar-refractivity contribution in [3.8, 4) is 5.75 Å². The van der Waals surface area contributed by atoms with Crippen molar-refractivity contribution >= 4 is 22.7 Å². The van der Waals surface area contributed by atoms with E-state index in [-0.39, 0.29) is 17.9 Å². The number of nitrogens with zero attached hydrogens (tertiary/aromatic N) is 3. The van der Waals surface area contributed by atoms with Crippen molar-refractivity contribution in [2.45, 2.75) is 26.0 Å². The fourth-order valence-electron chi connectivity index (χ4n) is 3.89. The first-order valence-corrected chi connectivity index (χ1v) is 10.2. The highest BCUT2D eigenvalue weighted by atomic mass is 16.5. The Morgan fingerprint density at radius 1 is 1.03 bits per heavy atom. The third-order valence-corrected chi connectivity index (χ3v) is 5.48. The molecule has 1 saturated heterocycles. The number of aromatic nitrogens is 1. The van der Waals surface area contributed by atoms with E-state index in [2.05, 4.69) is 4.98 Å². The van der Waals surface area contributed by atoms with E-state index >= 15 is 0 Å².